The monoisotopic (exact) mass is 206 g/mol. The summed E-state index contributed by atoms with van der Waals surface area (Å²) in [6.07, 6.45) is 0. The number of carboxylic acids is 1. The van der Waals surface area contributed by atoms with Crippen molar-refractivity contribution in [3.05, 3.63) is 29.8 Å². The summed E-state index contributed by atoms with van der Waals surface area (Å²) in [6, 6.07) is 9.60. The summed E-state index contributed by atoms with van der Waals surface area (Å²) >= 11 is 0. The molecule has 0 aliphatic rings. The lowest BCUT2D eigenvalue weighted by Crippen LogP contribution is -1.98. The molecule has 0 atom stereocenters. The van der Waals surface area contributed by atoms with E-state index in [2.05, 4.69) is 11.4 Å². The van der Waals surface area contributed by atoms with Crippen LogP contribution in [0.1, 0.15) is 19.4 Å². The molecule has 0 saturated carbocycles. The van der Waals surface area contributed by atoms with E-state index in [9.17, 15) is 0 Å². The zero-order valence-corrected chi connectivity index (χ0v) is 8.82. The van der Waals surface area contributed by atoms with E-state index in [1.54, 1.807) is 6.07 Å². The maximum atomic E-state index is 9.00. The number of nitriles is 1. The predicted octanol–water partition coefficient (Wildman–Crippen LogP) is 2.08. The van der Waals surface area contributed by atoms with Gasteiger partial charge in [-0.05, 0) is 19.1 Å². The molecule has 1 rings (SSSR count). The van der Waals surface area contributed by atoms with Crippen LogP contribution in [0.2, 0.25) is 0 Å². The van der Waals surface area contributed by atoms with E-state index in [-0.39, 0.29) is 0 Å². The maximum Gasteiger partial charge on any atom is 0.300 e. The molecule has 0 spiro atoms. The fourth-order valence-corrected chi connectivity index (χ4v) is 0.925. The van der Waals surface area contributed by atoms with Crippen molar-refractivity contribution in [3.63, 3.8) is 0 Å². The van der Waals surface area contributed by atoms with E-state index >= 15 is 0 Å². The number of carboxylic acid groups (broad SMARTS) is 1. The zero-order chi connectivity index (χ0) is 11.7. The molecule has 0 unspecified atom stereocenters. The van der Waals surface area contributed by atoms with Crippen molar-refractivity contribution in [3.8, 4) is 6.07 Å². The minimum atomic E-state index is -0.833. The third kappa shape index (κ3) is 6.11. The first-order valence-corrected chi connectivity index (χ1v) is 4.54. The van der Waals surface area contributed by atoms with E-state index in [0.29, 0.717) is 5.56 Å². The summed E-state index contributed by atoms with van der Waals surface area (Å²) in [5, 5.41) is 19.2. The molecule has 2 N–H and O–H groups in total. The fourth-order valence-electron chi connectivity index (χ4n) is 0.925. The smallest absolute Gasteiger partial charge is 0.300 e. The first-order valence-electron chi connectivity index (χ1n) is 4.54. The van der Waals surface area contributed by atoms with Crippen LogP contribution in [0.15, 0.2) is 24.3 Å². The van der Waals surface area contributed by atoms with Crippen LogP contribution in [0.25, 0.3) is 0 Å². The average molecular weight is 206 g/mol. The molecule has 0 saturated heterocycles. The van der Waals surface area contributed by atoms with Gasteiger partial charge in [0.05, 0.1) is 11.3 Å². The van der Waals surface area contributed by atoms with Crippen LogP contribution in [-0.4, -0.2) is 17.6 Å². The van der Waals surface area contributed by atoms with Crippen LogP contribution in [0.5, 0.6) is 0 Å². The molecule has 1 aromatic rings. The molecular formula is C11H14N2O2. The van der Waals surface area contributed by atoms with Gasteiger partial charge < -0.3 is 10.4 Å². The summed E-state index contributed by atoms with van der Waals surface area (Å²) in [7, 11) is 0. The number of nitrogens with zero attached hydrogens (tertiary/aromatic N) is 1. The summed E-state index contributed by atoms with van der Waals surface area (Å²) in [5.41, 5.74) is 1.62. The van der Waals surface area contributed by atoms with Gasteiger partial charge in [0.1, 0.15) is 6.07 Å². The molecule has 0 amide bonds. The standard InChI is InChI=1S/C9H10N2.C2H4O2/c1-2-11-9-6-4-3-5-8(9)7-10;1-2(3)4/h3-6,11H,2H2,1H3;1H3,(H,3,4). The van der Waals surface area contributed by atoms with Crippen molar-refractivity contribution >= 4 is 11.7 Å². The van der Waals surface area contributed by atoms with Gasteiger partial charge in [-0.1, -0.05) is 12.1 Å². The maximum absolute atomic E-state index is 9.00. The van der Waals surface area contributed by atoms with Gasteiger partial charge in [-0.25, -0.2) is 0 Å². The SMILES string of the molecule is CC(=O)O.CCNc1ccccc1C#N. The van der Waals surface area contributed by atoms with Crippen LogP contribution in [-0.2, 0) is 4.79 Å². The summed E-state index contributed by atoms with van der Waals surface area (Å²) in [4.78, 5) is 9.00. The number of hydrogen-bond acceptors (Lipinski definition) is 3. The van der Waals surface area contributed by atoms with Gasteiger partial charge >= 0.3 is 0 Å². The normalized spacial score (nSPS) is 8.07. The molecule has 4 heteroatoms. The average Bonchev–Trinajstić information content (AvgIpc) is 2.18. The van der Waals surface area contributed by atoms with Crippen molar-refractivity contribution in [2.75, 3.05) is 11.9 Å². The highest BCUT2D eigenvalue weighted by molar-refractivity contribution is 5.63. The molecule has 0 heterocycles. The summed E-state index contributed by atoms with van der Waals surface area (Å²) < 4.78 is 0. The van der Waals surface area contributed by atoms with Gasteiger partial charge in [-0.2, -0.15) is 5.26 Å². The molecule has 0 aliphatic heterocycles. The number of rotatable bonds is 2. The number of anilines is 1. The Labute approximate surface area is 89.2 Å². The second-order valence-electron chi connectivity index (χ2n) is 2.71. The Morgan fingerprint density at radius 3 is 2.53 bits per heavy atom. The van der Waals surface area contributed by atoms with E-state index in [4.69, 9.17) is 15.2 Å². The molecule has 0 fully saturated rings. The third-order valence-corrected chi connectivity index (χ3v) is 1.41. The largest absolute Gasteiger partial charge is 0.481 e. The van der Waals surface area contributed by atoms with Crippen molar-refractivity contribution in [2.24, 2.45) is 0 Å². The van der Waals surface area contributed by atoms with Gasteiger partial charge in [-0.15, -0.1) is 0 Å². The van der Waals surface area contributed by atoms with Crippen LogP contribution >= 0.6 is 0 Å². The van der Waals surface area contributed by atoms with Gasteiger partial charge in [0.25, 0.3) is 5.97 Å². The summed E-state index contributed by atoms with van der Waals surface area (Å²) in [6.45, 7) is 3.94. The lowest BCUT2D eigenvalue weighted by Gasteiger charge is -2.03. The molecular weight excluding hydrogens is 192 g/mol. The third-order valence-electron chi connectivity index (χ3n) is 1.41. The Hall–Kier alpha value is -2.02. The van der Waals surface area contributed by atoms with Gasteiger partial charge in [-0.3, -0.25) is 4.79 Å². The Bertz CT molecular complexity index is 352. The van der Waals surface area contributed by atoms with Gasteiger partial charge in [0.15, 0.2) is 0 Å². The quantitative estimate of drug-likeness (QED) is 0.777. The fraction of sp³-hybridized carbons (Fsp3) is 0.273. The Morgan fingerprint density at radius 2 is 2.07 bits per heavy atom. The topological polar surface area (TPSA) is 73.1 Å². The molecule has 0 aliphatic carbocycles. The molecule has 0 aromatic heterocycles. The Morgan fingerprint density at radius 1 is 1.53 bits per heavy atom. The number of aliphatic carboxylic acids is 1. The molecule has 0 bridgehead atoms. The second kappa shape index (κ2) is 7.39. The lowest BCUT2D eigenvalue weighted by molar-refractivity contribution is -0.134. The van der Waals surface area contributed by atoms with Crippen LogP contribution in [0, 0.1) is 11.3 Å². The second-order valence-corrected chi connectivity index (χ2v) is 2.71. The highest BCUT2D eigenvalue weighted by Gasteiger charge is 1.95. The van der Waals surface area contributed by atoms with Crippen molar-refractivity contribution < 1.29 is 9.90 Å². The predicted molar refractivity (Wildman–Crippen MR) is 58.6 cm³/mol. The van der Waals surface area contributed by atoms with Crippen molar-refractivity contribution in [1.82, 2.24) is 0 Å². The van der Waals surface area contributed by atoms with Crippen LogP contribution in [0.3, 0.4) is 0 Å². The molecule has 4 nitrogen and oxygen atoms in total. The number of para-hydroxylation sites is 1. The first-order chi connectivity index (χ1) is 7.11. The zero-order valence-electron chi connectivity index (χ0n) is 8.82. The molecule has 80 valence electrons. The highest BCUT2D eigenvalue weighted by atomic mass is 16.4. The molecule has 15 heavy (non-hydrogen) atoms. The number of hydrogen-bond donors (Lipinski definition) is 2. The first kappa shape index (κ1) is 13.0. The van der Waals surface area contributed by atoms with E-state index < -0.39 is 5.97 Å². The number of carbonyl (C=O) groups is 1. The Balaban J connectivity index is 0.000000423. The van der Waals surface area contributed by atoms with Crippen LogP contribution < -0.4 is 5.32 Å². The van der Waals surface area contributed by atoms with E-state index in [0.717, 1.165) is 19.2 Å². The van der Waals surface area contributed by atoms with Gasteiger partial charge in [0.2, 0.25) is 0 Å². The van der Waals surface area contributed by atoms with E-state index in [1.165, 1.54) is 0 Å². The van der Waals surface area contributed by atoms with E-state index in [1.807, 2.05) is 25.1 Å². The van der Waals surface area contributed by atoms with Gasteiger partial charge in [0, 0.05) is 13.5 Å². The Kier molecular flexibility index (Phi) is 6.39. The number of benzene rings is 1. The highest BCUT2D eigenvalue weighted by Crippen LogP contribution is 2.12. The van der Waals surface area contributed by atoms with Crippen molar-refractivity contribution in [2.45, 2.75) is 13.8 Å². The minimum Gasteiger partial charge on any atom is -0.481 e. The molecule has 0 radical (unpaired) electrons. The molecule has 1 aromatic carbocycles. The lowest BCUT2D eigenvalue weighted by atomic mass is 10.2. The number of nitrogens with one attached hydrogen (secondary N) is 1. The van der Waals surface area contributed by atoms with Crippen LogP contribution in [0.4, 0.5) is 5.69 Å². The summed E-state index contributed by atoms with van der Waals surface area (Å²) in [5.74, 6) is -0.833. The van der Waals surface area contributed by atoms with Crippen molar-refractivity contribution in [1.29, 1.82) is 5.26 Å². The minimum absolute atomic E-state index is 0.703.